The first-order valence-corrected chi connectivity index (χ1v) is 14.2. The lowest BCUT2D eigenvalue weighted by atomic mass is 9.75. The number of halogens is 1. The van der Waals surface area contributed by atoms with Crippen LogP contribution < -0.4 is 5.56 Å². The van der Waals surface area contributed by atoms with E-state index in [0.717, 1.165) is 32.4 Å². The van der Waals surface area contributed by atoms with E-state index in [1.54, 1.807) is 6.07 Å². The summed E-state index contributed by atoms with van der Waals surface area (Å²) in [5.41, 5.74) is -2.63. The number of ether oxygens (including phenoxy) is 1. The number of pyridine rings is 1. The molecule has 2 aromatic rings. The van der Waals surface area contributed by atoms with Crippen molar-refractivity contribution in [2.75, 3.05) is 7.11 Å². The number of carbonyl (C=O) groups is 4. The Bertz CT molecular complexity index is 1790. The molecule has 6 rings (SSSR count). The SMILES string of the molecule is CCCCCc1cc2c(Br)c3c(c(O)c2c(=O)[nH]1)C1(CC3)C(=O)C2C(O)=C3C(=O)C=C(OC)C(=O)C3=C(O)C2C1=O. The van der Waals surface area contributed by atoms with Gasteiger partial charge in [0.1, 0.15) is 22.7 Å². The highest BCUT2D eigenvalue weighted by Crippen LogP contribution is 2.59. The minimum Gasteiger partial charge on any atom is -0.511 e. The maximum absolute atomic E-state index is 14.2. The summed E-state index contributed by atoms with van der Waals surface area (Å²) in [5, 5.41) is 34.3. The molecule has 4 aliphatic carbocycles. The summed E-state index contributed by atoms with van der Waals surface area (Å²) < 4.78 is 5.41. The molecular formula is C30H26BrNO9. The zero-order valence-electron chi connectivity index (χ0n) is 22.2. The molecule has 1 aromatic carbocycles. The Morgan fingerprint density at radius 2 is 1.68 bits per heavy atom. The van der Waals surface area contributed by atoms with E-state index < -0.39 is 74.4 Å². The third-order valence-electron chi connectivity index (χ3n) is 8.86. The van der Waals surface area contributed by atoms with Crippen molar-refractivity contribution in [1.29, 1.82) is 0 Å². The number of H-pyrrole nitrogens is 1. The van der Waals surface area contributed by atoms with Crippen molar-refractivity contribution in [3.8, 4) is 5.75 Å². The van der Waals surface area contributed by atoms with E-state index in [1.165, 1.54) is 0 Å². The quantitative estimate of drug-likeness (QED) is 0.287. The number of rotatable bonds is 5. The highest BCUT2D eigenvalue weighted by atomic mass is 79.9. The van der Waals surface area contributed by atoms with Crippen LogP contribution in [0.5, 0.6) is 5.75 Å². The predicted molar refractivity (Wildman–Crippen MR) is 149 cm³/mol. The molecule has 4 aliphatic rings. The zero-order valence-corrected chi connectivity index (χ0v) is 23.8. The lowest BCUT2D eigenvalue weighted by molar-refractivity contribution is -0.130. The van der Waals surface area contributed by atoms with Gasteiger partial charge in [-0.2, -0.15) is 0 Å². The Balaban J connectivity index is 1.55. The first kappa shape index (κ1) is 27.2. The number of aromatic amines is 1. The van der Waals surface area contributed by atoms with Gasteiger partial charge in [-0.05, 0) is 53.2 Å². The van der Waals surface area contributed by atoms with Crippen molar-refractivity contribution in [2.24, 2.45) is 11.8 Å². The van der Waals surface area contributed by atoms with E-state index in [0.29, 0.717) is 27.5 Å². The monoisotopic (exact) mass is 623 g/mol. The molecule has 1 aromatic heterocycles. The second kappa shape index (κ2) is 9.27. The second-order valence-corrected chi connectivity index (χ2v) is 11.7. The van der Waals surface area contributed by atoms with Crippen LogP contribution in [0.3, 0.4) is 0 Å². The first-order chi connectivity index (χ1) is 19.5. The molecule has 0 aliphatic heterocycles. The Morgan fingerprint density at radius 3 is 2.32 bits per heavy atom. The summed E-state index contributed by atoms with van der Waals surface area (Å²) in [5.74, 6) is -9.22. The molecule has 10 nitrogen and oxygen atoms in total. The number of phenolic OH excluding ortho intramolecular Hbond substituents is 1. The second-order valence-electron chi connectivity index (χ2n) is 10.9. The number of methoxy groups -OCH3 is 1. The standard InChI is InChI=1S/C30H26BrNO9/c1-3-4-5-6-11-9-13-16(29(40)32-11)26(37)21-12(22(13)31)7-8-30(21)27(38)19-20(28(30)39)25(36)18-17(24(19)35)14(33)10-15(41-2)23(18)34/h9-10,19-20,35-37H,3-8H2,1-2H3,(H,32,40). The maximum atomic E-state index is 14.2. The fraction of sp³-hybridized carbons (Fsp3) is 0.367. The van der Waals surface area contributed by atoms with Gasteiger partial charge in [0, 0.05) is 27.2 Å². The van der Waals surface area contributed by atoms with E-state index in [4.69, 9.17) is 4.74 Å². The number of Topliss-reactive ketones (excluding diaryl/α,β-unsaturated/α-hetero) is 3. The predicted octanol–water partition coefficient (Wildman–Crippen LogP) is 3.62. The number of aryl methyl sites for hydroxylation is 1. The lowest BCUT2D eigenvalue weighted by Crippen LogP contribution is -2.37. The fourth-order valence-electron chi connectivity index (χ4n) is 6.98. The number of benzene rings is 1. The molecule has 3 unspecified atom stereocenters. The minimum absolute atomic E-state index is 0.0579. The number of hydrogen-bond donors (Lipinski definition) is 4. The number of ketones is 4. The van der Waals surface area contributed by atoms with Crippen LogP contribution in [0.25, 0.3) is 10.8 Å². The number of fused-ring (bicyclic) bond motifs is 5. The van der Waals surface area contributed by atoms with Gasteiger partial charge in [-0.15, -0.1) is 0 Å². The largest absolute Gasteiger partial charge is 0.511 e. The van der Waals surface area contributed by atoms with E-state index in [1.807, 2.05) is 0 Å². The molecule has 1 heterocycles. The van der Waals surface area contributed by atoms with Gasteiger partial charge < -0.3 is 25.0 Å². The molecule has 0 amide bonds. The van der Waals surface area contributed by atoms with Gasteiger partial charge in [-0.25, -0.2) is 0 Å². The van der Waals surface area contributed by atoms with Crippen LogP contribution in [0.1, 0.15) is 49.4 Å². The van der Waals surface area contributed by atoms with Gasteiger partial charge in [0.2, 0.25) is 5.78 Å². The van der Waals surface area contributed by atoms with Crippen molar-refractivity contribution < 1.29 is 39.2 Å². The molecule has 212 valence electrons. The van der Waals surface area contributed by atoms with Crippen LogP contribution >= 0.6 is 15.9 Å². The number of aromatic nitrogens is 1. The smallest absolute Gasteiger partial charge is 0.259 e. The summed E-state index contributed by atoms with van der Waals surface area (Å²) in [6.07, 6.45) is 4.43. The molecule has 0 bridgehead atoms. The number of nitrogens with one attached hydrogen (secondary N) is 1. The van der Waals surface area contributed by atoms with Gasteiger partial charge >= 0.3 is 0 Å². The van der Waals surface area contributed by atoms with Gasteiger partial charge in [0.15, 0.2) is 23.1 Å². The number of aliphatic hydroxyl groups is 2. The van der Waals surface area contributed by atoms with Crippen LogP contribution in [0.15, 0.2) is 49.8 Å². The van der Waals surface area contributed by atoms with Gasteiger partial charge in [-0.3, -0.25) is 24.0 Å². The van der Waals surface area contributed by atoms with E-state index in [9.17, 15) is 39.3 Å². The van der Waals surface area contributed by atoms with E-state index in [-0.39, 0.29) is 29.6 Å². The molecule has 41 heavy (non-hydrogen) atoms. The lowest BCUT2D eigenvalue weighted by Gasteiger charge is -2.28. The van der Waals surface area contributed by atoms with Crippen LogP contribution in [0, 0.1) is 11.8 Å². The molecule has 1 fully saturated rings. The van der Waals surface area contributed by atoms with Crippen LogP contribution in [0.2, 0.25) is 0 Å². The van der Waals surface area contributed by atoms with Gasteiger partial charge in [0.25, 0.3) is 5.56 Å². The third-order valence-corrected chi connectivity index (χ3v) is 9.77. The molecule has 0 saturated heterocycles. The number of carbonyl (C=O) groups excluding carboxylic acids is 4. The molecule has 1 saturated carbocycles. The molecule has 0 radical (unpaired) electrons. The summed E-state index contributed by atoms with van der Waals surface area (Å²) >= 11 is 3.55. The Morgan fingerprint density at radius 1 is 1.02 bits per heavy atom. The van der Waals surface area contributed by atoms with Crippen LogP contribution in [-0.4, -0.2) is 50.5 Å². The van der Waals surface area contributed by atoms with Crippen LogP contribution in [-0.2, 0) is 42.2 Å². The molecule has 4 N–H and O–H groups in total. The Labute approximate surface area is 241 Å². The Kier molecular flexibility index (Phi) is 6.15. The molecule has 11 heteroatoms. The van der Waals surface area contributed by atoms with Crippen molar-refractivity contribution in [2.45, 2.75) is 50.9 Å². The molecule has 1 spiro atoms. The number of hydrogen-bond acceptors (Lipinski definition) is 9. The summed E-state index contributed by atoms with van der Waals surface area (Å²) in [6, 6.07) is 1.77. The molecular weight excluding hydrogens is 598 g/mol. The zero-order chi connectivity index (χ0) is 29.5. The summed E-state index contributed by atoms with van der Waals surface area (Å²) in [4.78, 5) is 70.2. The first-order valence-electron chi connectivity index (χ1n) is 13.4. The summed E-state index contributed by atoms with van der Waals surface area (Å²) in [6.45, 7) is 2.07. The van der Waals surface area contributed by atoms with Crippen molar-refractivity contribution in [1.82, 2.24) is 4.98 Å². The average Bonchev–Trinajstić information content (AvgIpc) is 3.45. The molecule has 3 atom stereocenters. The number of unbranched alkanes of at least 4 members (excludes halogenated alkanes) is 2. The third kappa shape index (κ3) is 3.38. The number of allylic oxidation sites excluding steroid dienone is 5. The maximum Gasteiger partial charge on any atom is 0.259 e. The van der Waals surface area contributed by atoms with Crippen molar-refractivity contribution in [3.05, 3.63) is 72.2 Å². The highest BCUT2D eigenvalue weighted by Gasteiger charge is 2.68. The van der Waals surface area contributed by atoms with Crippen molar-refractivity contribution >= 4 is 49.8 Å². The Hall–Kier alpha value is -3.99. The average molecular weight is 624 g/mol. The van der Waals surface area contributed by atoms with E-state index in [2.05, 4.69) is 27.8 Å². The topological polar surface area (TPSA) is 171 Å². The minimum atomic E-state index is -2.02. The van der Waals surface area contributed by atoms with Gasteiger partial charge in [-0.1, -0.05) is 19.8 Å². The fourth-order valence-corrected chi connectivity index (χ4v) is 7.69. The van der Waals surface area contributed by atoms with E-state index >= 15 is 0 Å². The van der Waals surface area contributed by atoms with Crippen molar-refractivity contribution in [3.63, 3.8) is 0 Å². The summed E-state index contributed by atoms with van der Waals surface area (Å²) in [7, 11) is 1.16. The number of phenols is 1. The number of aromatic hydroxyl groups is 1. The number of aliphatic hydroxyl groups excluding tert-OH is 2. The van der Waals surface area contributed by atoms with Crippen LogP contribution in [0.4, 0.5) is 0 Å². The van der Waals surface area contributed by atoms with Gasteiger partial charge in [0.05, 0.1) is 35.5 Å². The normalized spacial score (nSPS) is 25.3. The highest BCUT2D eigenvalue weighted by molar-refractivity contribution is 9.10.